The average Bonchev–Trinajstić information content (AvgIpc) is 2.46. The van der Waals surface area contributed by atoms with Crippen LogP contribution < -0.4 is 14.8 Å². The number of nitrogens with one attached hydrogen (secondary N) is 1. The van der Waals surface area contributed by atoms with Gasteiger partial charge in [0.05, 0.1) is 19.8 Å². The fourth-order valence-corrected chi connectivity index (χ4v) is 3.47. The number of methoxy groups -OCH3 is 2. The standard InChI is InChI=1S/C15H20N2O3S/c1-15-9-12(16-14(21)17(15)6-7-18-2)11-8-10(19-3)4-5-13(11)20-15/h4-5,8,12H,6-7,9H2,1-3H3,(H,16,21). The quantitative estimate of drug-likeness (QED) is 0.859. The van der Waals surface area contributed by atoms with Gasteiger partial charge in [-0.1, -0.05) is 0 Å². The molecule has 0 aromatic heterocycles. The van der Waals surface area contributed by atoms with Crippen molar-refractivity contribution in [1.82, 2.24) is 10.2 Å². The van der Waals surface area contributed by atoms with E-state index in [0.29, 0.717) is 18.3 Å². The van der Waals surface area contributed by atoms with Gasteiger partial charge in [-0.15, -0.1) is 0 Å². The molecule has 0 radical (unpaired) electrons. The highest BCUT2D eigenvalue weighted by Crippen LogP contribution is 2.45. The second-order valence-corrected chi connectivity index (χ2v) is 5.92. The number of benzene rings is 1. The zero-order valence-electron chi connectivity index (χ0n) is 12.5. The maximum absolute atomic E-state index is 6.26. The average molecular weight is 308 g/mol. The predicted molar refractivity (Wildman–Crippen MR) is 83.7 cm³/mol. The molecule has 3 rings (SSSR count). The van der Waals surface area contributed by atoms with Crippen molar-refractivity contribution >= 4 is 17.3 Å². The topological polar surface area (TPSA) is 43.0 Å². The van der Waals surface area contributed by atoms with Crippen molar-refractivity contribution in [3.63, 3.8) is 0 Å². The molecule has 2 heterocycles. The first kappa shape index (κ1) is 14.4. The lowest BCUT2D eigenvalue weighted by Gasteiger charge is -2.52. The van der Waals surface area contributed by atoms with Crippen molar-refractivity contribution < 1.29 is 14.2 Å². The Morgan fingerprint density at radius 2 is 2.29 bits per heavy atom. The maximum Gasteiger partial charge on any atom is 0.184 e. The largest absolute Gasteiger partial charge is 0.497 e. The van der Waals surface area contributed by atoms with E-state index in [1.165, 1.54) is 0 Å². The monoisotopic (exact) mass is 308 g/mol. The van der Waals surface area contributed by atoms with Gasteiger partial charge in [-0.05, 0) is 37.3 Å². The van der Waals surface area contributed by atoms with E-state index in [0.717, 1.165) is 23.5 Å². The van der Waals surface area contributed by atoms with Crippen LogP contribution >= 0.6 is 12.2 Å². The third-order valence-electron chi connectivity index (χ3n) is 4.14. The van der Waals surface area contributed by atoms with Gasteiger partial charge >= 0.3 is 0 Å². The van der Waals surface area contributed by atoms with E-state index in [1.807, 2.05) is 18.2 Å². The van der Waals surface area contributed by atoms with E-state index < -0.39 is 5.72 Å². The molecule has 1 aromatic rings. The van der Waals surface area contributed by atoms with Gasteiger partial charge < -0.3 is 24.4 Å². The minimum Gasteiger partial charge on any atom is -0.497 e. The Bertz CT molecular complexity index is 566. The molecular formula is C15H20N2O3S. The van der Waals surface area contributed by atoms with Crippen LogP contribution in [-0.4, -0.2) is 43.1 Å². The summed E-state index contributed by atoms with van der Waals surface area (Å²) in [5.41, 5.74) is 0.660. The Hall–Kier alpha value is -1.53. The van der Waals surface area contributed by atoms with Crippen LogP contribution in [0.15, 0.2) is 18.2 Å². The van der Waals surface area contributed by atoms with Crippen LogP contribution in [0.4, 0.5) is 0 Å². The summed E-state index contributed by atoms with van der Waals surface area (Å²) in [5.74, 6) is 1.71. The third kappa shape index (κ3) is 2.42. The minimum atomic E-state index is -0.437. The highest BCUT2D eigenvalue weighted by Gasteiger charge is 2.47. The molecule has 1 N–H and O–H groups in total. The lowest BCUT2D eigenvalue weighted by atomic mass is 9.90. The minimum absolute atomic E-state index is 0.153. The molecule has 1 saturated heterocycles. The van der Waals surface area contributed by atoms with Gasteiger partial charge in [0.2, 0.25) is 0 Å². The molecule has 6 heteroatoms. The number of ether oxygens (including phenoxy) is 3. The number of fused-ring (bicyclic) bond motifs is 4. The van der Waals surface area contributed by atoms with Crippen LogP contribution in [0.5, 0.6) is 11.5 Å². The Balaban J connectivity index is 1.94. The third-order valence-corrected chi connectivity index (χ3v) is 4.48. The van der Waals surface area contributed by atoms with Crippen molar-refractivity contribution in [2.45, 2.75) is 25.1 Å². The number of rotatable bonds is 4. The van der Waals surface area contributed by atoms with E-state index >= 15 is 0 Å². The van der Waals surface area contributed by atoms with Gasteiger partial charge in [-0.2, -0.15) is 0 Å². The molecule has 5 nitrogen and oxygen atoms in total. The molecular weight excluding hydrogens is 288 g/mol. The number of thiocarbonyl (C=S) groups is 1. The van der Waals surface area contributed by atoms with Gasteiger partial charge in [-0.25, -0.2) is 0 Å². The first-order chi connectivity index (χ1) is 10.1. The van der Waals surface area contributed by atoms with Crippen LogP contribution in [0.2, 0.25) is 0 Å². The molecule has 21 heavy (non-hydrogen) atoms. The first-order valence-corrected chi connectivity index (χ1v) is 7.42. The zero-order valence-corrected chi connectivity index (χ0v) is 13.3. The Morgan fingerprint density at radius 3 is 3.00 bits per heavy atom. The van der Waals surface area contributed by atoms with Gasteiger partial charge in [0, 0.05) is 25.6 Å². The first-order valence-electron chi connectivity index (χ1n) is 7.01. The Kier molecular flexibility index (Phi) is 3.67. The van der Waals surface area contributed by atoms with E-state index in [4.69, 9.17) is 26.4 Å². The van der Waals surface area contributed by atoms with Crippen molar-refractivity contribution in [1.29, 1.82) is 0 Å². The van der Waals surface area contributed by atoms with Crippen LogP contribution in [0.3, 0.4) is 0 Å². The Labute approximate surface area is 130 Å². The highest BCUT2D eigenvalue weighted by atomic mass is 32.1. The van der Waals surface area contributed by atoms with Crippen molar-refractivity contribution in [2.24, 2.45) is 0 Å². The molecule has 1 aromatic carbocycles. The summed E-state index contributed by atoms with van der Waals surface area (Å²) in [5, 5.41) is 4.11. The predicted octanol–water partition coefficient (Wildman–Crippen LogP) is 2.07. The maximum atomic E-state index is 6.26. The molecule has 2 bridgehead atoms. The fraction of sp³-hybridized carbons (Fsp3) is 0.533. The lowest BCUT2D eigenvalue weighted by molar-refractivity contribution is -0.0741. The van der Waals surface area contributed by atoms with Crippen LogP contribution in [0.1, 0.15) is 24.9 Å². The lowest BCUT2D eigenvalue weighted by Crippen LogP contribution is -2.65. The molecule has 2 aliphatic heterocycles. The SMILES string of the molecule is COCCN1C(=S)NC2CC1(C)Oc1ccc(OC)cc12. The van der Waals surface area contributed by atoms with E-state index in [2.05, 4.69) is 17.1 Å². The molecule has 114 valence electrons. The van der Waals surface area contributed by atoms with Crippen LogP contribution in [-0.2, 0) is 4.74 Å². The van der Waals surface area contributed by atoms with Gasteiger partial charge in [-0.3, -0.25) is 0 Å². The number of nitrogens with zero attached hydrogens (tertiary/aromatic N) is 1. The molecule has 2 atom stereocenters. The highest BCUT2D eigenvalue weighted by molar-refractivity contribution is 7.80. The second-order valence-electron chi connectivity index (χ2n) is 5.53. The molecule has 2 unspecified atom stereocenters. The molecule has 0 amide bonds. The summed E-state index contributed by atoms with van der Waals surface area (Å²) < 4.78 is 16.7. The second kappa shape index (κ2) is 5.35. The van der Waals surface area contributed by atoms with Crippen LogP contribution in [0.25, 0.3) is 0 Å². The van der Waals surface area contributed by atoms with Crippen molar-refractivity contribution in [3.05, 3.63) is 23.8 Å². The van der Waals surface area contributed by atoms with Gasteiger partial charge in [0.15, 0.2) is 10.8 Å². The van der Waals surface area contributed by atoms with E-state index in [1.54, 1.807) is 14.2 Å². The summed E-state index contributed by atoms with van der Waals surface area (Å²) in [6.07, 6.45) is 0.830. The van der Waals surface area contributed by atoms with E-state index in [-0.39, 0.29) is 6.04 Å². The van der Waals surface area contributed by atoms with Crippen LogP contribution in [0, 0.1) is 0 Å². The molecule has 0 spiro atoms. The van der Waals surface area contributed by atoms with Crippen molar-refractivity contribution in [2.75, 3.05) is 27.4 Å². The summed E-state index contributed by atoms with van der Waals surface area (Å²) in [4.78, 5) is 2.06. The molecule has 0 saturated carbocycles. The number of hydrogen-bond donors (Lipinski definition) is 1. The smallest absolute Gasteiger partial charge is 0.184 e. The Morgan fingerprint density at radius 1 is 1.48 bits per heavy atom. The molecule has 1 fully saturated rings. The van der Waals surface area contributed by atoms with E-state index in [9.17, 15) is 0 Å². The van der Waals surface area contributed by atoms with Crippen molar-refractivity contribution in [3.8, 4) is 11.5 Å². The van der Waals surface area contributed by atoms with Gasteiger partial charge in [0.1, 0.15) is 11.5 Å². The fourth-order valence-electron chi connectivity index (χ4n) is 3.04. The summed E-state index contributed by atoms with van der Waals surface area (Å²) in [6.45, 7) is 3.40. The summed E-state index contributed by atoms with van der Waals surface area (Å²) in [7, 11) is 3.36. The number of hydrogen-bond acceptors (Lipinski definition) is 4. The summed E-state index contributed by atoms with van der Waals surface area (Å²) in [6, 6.07) is 6.05. The summed E-state index contributed by atoms with van der Waals surface area (Å²) >= 11 is 5.50. The normalized spacial score (nSPS) is 26.7. The zero-order chi connectivity index (χ0) is 15.0. The molecule has 2 aliphatic rings. The van der Waals surface area contributed by atoms with Gasteiger partial charge in [0.25, 0.3) is 0 Å². The molecule has 0 aliphatic carbocycles.